The molecule has 0 bridgehead atoms. The summed E-state index contributed by atoms with van der Waals surface area (Å²) in [5.74, 6) is -0.947. The number of hydrogen-bond acceptors (Lipinski definition) is 5. The van der Waals surface area contributed by atoms with Crippen molar-refractivity contribution in [2.24, 2.45) is 0 Å². The van der Waals surface area contributed by atoms with Crippen molar-refractivity contribution in [3.05, 3.63) is 30.1 Å². The number of aromatic carboxylic acids is 1. The predicted octanol–water partition coefficient (Wildman–Crippen LogP) is 2.60. The van der Waals surface area contributed by atoms with Crippen LogP contribution in [0.15, 0.2) is 29.6 Å². The van der Waals surface area contributed by atoms with Crippen LogP contribution < -0.4 is 0 Å². The molecule has 1 aromatic heterocycles. The minimum absolute atomic E-state index is 0.211. The smallest absolute Gasteiger partial charge is 0.335 e. The van der Waals surface area contributed by atoms with Gasteiger partial charge in [-0.2, -0.15) is 0 Å². The summed E-state index contributed by atoms with van der Waals surface area (Å²) in [6.45, 7) is 2.85. The highest BCUT2D eigenvalue weighted by Gasteiger charge is 2.26. The van der Waals surface area contributed by atoms with E-state index >= 15 is 0 Å². The van der Waals surface area contributed by atoms with Crippen LogP contribution in [0, 0.1) is 0 Å². The van der Waals surface area contributed by atoms with E-state index in [0.29, 0.717) is 10.8 Å². The maximum Gasteiger partial charge on any atom is 0.335 e. The summed E-state index contributed by atoms with van der Waals surface area (Å²) in [7, 11) is 0. The minimum atomic E-state index is -0.947. The minimum Gasteiger partial charge on any atom is -0.478 e. The normalized spacial score (nSPS) is 22.2. The zero-order valence-corrected chi connectivity index (χ0v) is 11.8. The molecule has 5 nitrogen and oxygen atoms in total. The van der Waals surface area contributed by atoms with E-state index in [9.17, 15) is 4.79 Å². The van der Waals surface area contributed by atoms with Crippen LogP contribution in [0.25, 0.3) is 10.9 Å². The van der Waals surface area contributed by atoms with Gasteiger partial charge in [0.25, 0.3) is 0 Å². The van der Waals surface area contributed by atoms with E-state index in [1.54, 1.807) is 30.0 Å². The third-order valence-corrected chi connectivity index (χ3v) is 4.89. The van der Waals surface area contributed by atoms with Gasteiger partial charge in [0.05, 0.1) is 17.2 Å². The van der Waals surface area contributed by atoms with Crippen LogP contribution in [-0.2, 0) is 4.74 Å². The molecule has 1 fully saturated rings. The van der Waals surface area contributed by atoms with Crippen molar-refractivity contribution < 1.29 is 14.6 Å². The lowest BCUT2D eigenvalue weighted by molar-refractivity contribution is 0.0697. The Balaban J connectivity index is 1.97. The van der Waals surface area contributed by atoms with Gasteiger partial charge in [0.2, 0.25) is 0 Å². The summed E-state index contributed by atoms with van der Waals surface area (Å²) in [5.41, 5.74) is 0.902. The molecule has 6 heteroatoms. The average molecular weight is 290 g/mol. The molecule has 0 saturated carbocycles. The van der Waals surface area contributed by atoms with E-state index in [-0.39, 0.29) is 11.7 Å². The van der Waals surface area contributed by atoms with E-state index in [2.05, 4.69) is 16.9 Å². The molecule has 0 aliphatic carbocycles. The molecule has 20 heavy (non-hydrogen) atoms. The molecule has 2 atom stereocenters. The van der Waals surface area contributed by atoms with Gasteiger partial charge in [0.15, 0.2) is 0 Å². The van der Waals surface area contributed by atoms with Crippen molar-refractivity contribution in [1.29, 1.82) is 0 Å². The molecule has 104 valence electrons. The van der Waals surface area contributed by atoms with Crippen molar-refractivity contribution in [3.63, 3.8) is 0 Å². The van der Waals surface area contributed by atoms with Crippen LogP contribution in [0.4, 0.5) is 0 Å². The summed E-state index contributed by atoms with van der Waals surface area (Å²) in [6, 6.07) is 4.95. The fourth-order valence-electron chi connectivity index (χ4n) is 2.27. The summed E-state index contributed by atoms with van der Waals surface area (Å²) in [6.07, 6.45) is 2.70. The molecule has 1 saturated heterocycles. The van der Waals surface area contributed by atoms with Crippen molar-refractivity contribution in [1.82, 2.24) is 9.97 Å². The molecule has 1 aliphatic heterocycles. The van der Waals surface area contributed by atoms with Crippen LogP contribution in [-0.4, -0.2) is 39.0 Å². The number of fused-ring (bicyclic) bond motifs is 1. The standard InChI is InChI=1S/C14H14N2O3S/c1-8-12(4-5-19-8)20-13-10-3-2-9(14(17)18)6-11(10)15-7-16-13/h2-3,6-8,12H,4-5H2,1H3,(H,17,18). The lowest BCUT2D eigenvalue weighted by Crippen LogP contribution is -2.13. The van der Waals surface area contributed by atoms with Crippen molar-refractivity contribution in [2.75, 3.05) is 6.61 Å². The Bertz CT molecular complexity index is 662. The maximum atomic E-state index is 11.0. The van der Waals surface area contributed by atoms with Gasteiger partial charge in [0.1, 0.15) is 11.4 Å². The number of hydrogen-bond donors (Lipinski definition) is 1. The largest absolute Gasteiger partial charge is 0.478 e. The number of carboxylic acids is 1. The first kappa shape index (κ1) is 13.3. The molecule has 1 aromatic carbocycles. The number of nitrogens with zero attached hydrogens (tertiary/aromatic N) is 2. The second kappa shape index (κ2) is 5.38. The second-order valence-corrected chi connectivity index (χ2v) is 5.96. The van der Waals surface area contributed by atoms with Gasteiger partial charge < -0.3 is 9.84 Å². The zero-order valence-electron chi connectivity index (χ0n) is 10.9. The number of rotatable bonds is 3. The van der Waals surface area contributed by atoms with Gasteiger partial charge in [-0.15, -0.1) is 0 Å². The van der Waals surface area contributed by atoms with Gasteiger partial charge in [-0.3, -0.25) is 0 Å². The lowest BCUT2D eigenvalue weighted by atomic mass is 10.1. The van der Waals surface area contributed by atoms with E-state index in [1.165, 1.54) is 6.33 Å². The third kappa shape index (κ3) is 2.48. The third-order valence-electron chi connectivity index (χ3n) is 3.42. The molecule has 0 spiro atoms. The Labute approximate surface area is 120 Å². The van der Waals surface area contributed by atoms with Crippen molar-refractivity contribution >= 4 is 28.6 Å². The number of carboxylic acid groups (broad SMARTS) is 1. The van der Waals surface area contributed by atoms with Crippen molar-refractivity contribution in [3.8, 4) is 0 Å². The summed E-state index contributed by atoms with van der Waals surface area (Å²) in [5, 5.41) is 11.2. The summed E-state index contributed by atoms with van der Waals surface area (Å²) < 4.78 is 5.56. The van der Waals surface area contributed by atoms with Gasteiger partial charge in [0, 0.05) is 17.2 Å². The Morgan fingerprint density at radius 3 is 3.00 bits per heavy atom. The zero-order chi connectivity index (χ0) is 14.1. The number of carbonyl (C=O) groups is 1. The van der Waals surface area contributed by atoms with Gasteiger partial charge in [-0.05, 0) is 31.5 Å². The first-order valence-electron chi connectivity index (χ1n) is 6.41. The van der Waals surface area contributed by atoms with Gasteiger partial charge in [-0.25, -0.2) is 14.8 Å². The van der Waals surface area contributed by atoms with E-state index < -0.39 is 5.97 Å². The highest BCUT2D eigenvalue weighted by molar-refractivity contribution is 8.00. The topological polar surface area (TPSA) is 72.3 Å². The summed E-state index contributed by atoms with van der Waals surface area (Å²) >= 11 is 1.68. The van der Waals surface area contributed by atoms with Crippen LogP contribution in [0.1, 0.15) is 23.7 Å². The molecule has 1 aliphatic rings. The van der Waals surface area contributed by atoms with E-state index in [0.717, 1.165) is 23.4 Å². The molecular formula is C14H14N2O3S. The highest BCUT2D eigenvalue weighted by atomic mass is 32.2. The SMILES string of the molecule is CC1OCCC1Sc1ncnc2cc(C(=O)O)ccc12. The summed E-state index contributed by atoms with van der Waals surface area (Å²) in [4.78, 5) is 19.5. The predicted molar refractivity (Wildman–Crippen MR) is 76.2 cm³/mol. The monoisotopic (exact) mass is 290 g/mol. The molecular weight excluding hydrogens is 276 g/mol. The average Bonchev–Trinajstić information content (AvgIpc) is 2.84. The Morgan fingerprint density at radius 1 is 1.45 bits per heavy atom. The van der Waals surface area contributed by atoms with Crippen LogP contribution >= 0.6 is 11.8 Å². The maximum absolute atomic E-state index is 11.0. The fraction of sp³-hybridized carbons (Fsp3) is 0.357. The number of benzene rings is 1. The quantitative estimate of drug-likeness (QED) is 0.876. The molecule has 1 N–H and O–H groups in total. The first-order valence-corrected chi connectivity index (χ1v) is 7.29. The number of ether oxygens (including phenoxy) is 1. The number of thioether (sulfide) groups is 1. The molecule has 2 heterocycles. The van der Waals surface area contributed by atoms with Crippen LogP contribution in [0.3, 0.4) is 0 Å². The Hall–Kier alpha value is -1.66. The Morgan fingerprint density at radius 2 is 2.30 bits per heavy atom. The van der Waals surface area contributed by atoms with Gasteiger partial charge in [-0.1, -0.05) is 11.8 Å². The van der Waals surface area contributed by atoms with E-state index in [4.69, 9.17) is 9.84 Å². The molecule has 0 amide bonds. The van der Waals surface area contributed by atoms with Crippen LogP contribution in [0.2, 0.25) is 0 Å². The molecule has 2 unspecified atom stereocenters. The first-order chi connectivity index (χ1) is 9.65. The highest BCUT2D eigenvalue weighted by Crippen LogP contribution is 2.34. The fourth-order valence-corrected chi connectivity index (χ4v) is 3.45. The Kier molecular flexibility index (Phi) is 3.58. The van der Waals surface area contributed by atoms with Crippen molar-refractivity contribution in [2.45, 2.75) is 29.7 Å². The molecule has 0 radical (unpaired) electrons. The van der Waals surface area contributed by atoms with Gasteiger partial charge >= 0.3 is 5.97 Å². The molecule has 3 rings (SSSR count). The van der Waals surface area contributed by atoms with Crippen LogP contribution in [0.5, 0.6) is 0 Å². The molecule has 2 aromatic rings. The lowest BCUT2D eigenvalue weighted by Gasteiger charge is -2.13. The van der Waals surface area contributed by atoms with E-state index in [1.807, 2.05) is 0 Å². The number of aromatic nitrogens is 2. The second-order valence-electron chi connectivity index (χ2n) is 4.74.